The number of hydrazine groups is 2. The molecule has 2 fully saturated rings. The molecule has 0 spiro atoms. The molecular formula is C86H108Cl6N12O22. The molecule has 8 atom stereocenters. The zero-order chi connectivity index (χ0) is 95.0. The number of aliphatic hydroxyl groups excluding tert-OH is 1. The number of methoxy groups -OCH3 is 1. The van der Waals surface area contributed by atoms with Crippen molar-refractivity contribution < 1.29 is 96.1 Å². The topological polar surface area (TPSA) is 468 Å². The molecule has 8 N–H and O–H groups in total. The number of halogens is 6. The Morgan fingerprint density at radius 3 is 1.38 bits per heavy atom. The fourth-order valence-corrected chi connectivity index (χ4v) is 12.3. The quantitative estimate of drug-likeness (QED) is 0.00662. The summed E-state index contributed by atoms with van der Waals surface area (Å²) in [4.78, 5) is 167. The third kappa shape index (κ3) is 33.2. The first-order chi connectivity index (χ1) is 58.4. The molecule has 5 amide bonds. The molecule has 2 aromatic heterocycles. The lowest BCUT2D eigenvalue weighted by Crippen LogP contribution is -2.60. The number of fused-ring (bicyclic) bond motifs is 2. The van der Waals surface area contributed by atoms with Crippen LogP contribution in [0.1, 0.15) is 196 Å². The Kier molecular flexibility index (Phi) is 39.6. The van der Waals surface area contributed by atoms with Crippen LogP contribution in [0.4, 0.5) is 16.2 Å². The number of benzene rings is 4. The second-order valence-electron chi connectivity index (χ2n) is 32.6. The number of hydrogen-bond donors (Lipinski definition) is 7. The molecule has 686 valence electrons. The zero-order valence-corrected chi connectivity index (χ0v) is 77.6. The number of nitro groups is 2. The van der Waals surface area contributed by atoms with Gasteiger partial charge in [-0.05, 0) is 197 Å². The van der Waals surface area contributed by atoms with Crippen molar-refractivity contribution in [2.75, 3.05) is 33.4 Å². The fraction of sp³-hybridized carbons (Fsp3) is 0.477. The van der Waals surface area contributed by atoms with Gasteiger partial charge >= 0.3 is 41.9 Å². The van der Waals surface area contributed by atoms with E-state index >= 15 is 0 Å². The fourth-order valence-electron chi connectivity index (χ4n) is 12.0. The average molecular weight is 1870 g/mol. The van der Waals surface area contributed by atoms with Crippen LogP contribution in [-0.4, -0.2) is 183 Å². The molecule has 2 saturated heterocycles. The van der Waals surface area contributed by atoms with Crippen LogP contribution < -0.4 is 32.5 Å². The number of aryl methyl sites for hydroxylation is 2. The lowest BCUT2D eigenvalue weighted by atomic mass is 9.92. The highest BCUT2D eigenvalue weighted by Gasteiger charge is 2.40. The molecule has 2 aliphatic rings. The smallest absolute Gasteiger partial charge is 0.408 e. The molecule has 0 radical (unpaired) electrons. The standard InChI is InChI=1S/C37H50Cl3N5O8.C18H22N2O2.C16H12N2O7.C15H24Cl3N3O5/c1-21(2)29(30(46)42-23(4)31(47)45-16-10-11-28(44-45)32(48)51-20-37(38,39)40)52-33(49)36(8,9)15-14-27-18-26-17-24(12-13-25(26)19-41-27)22(3)43-34(50)53-35(5,6)7;1-12(19)13-5-6-14-11-20-16(10-15(14)9-13)7-8-18(2,3)17(21)22-4;1-9-5-3-7-11(17(21)22)13(9)15(19)25-16(20)14-10(2)6-4-8-12(14)18(23)24;1-8(2)11(22)12(23)19-9(3)13(24)21-6-4-5-10(20-21)14(25)26-7-15(16,17)18/h12-15,17-19,21-23,28-29,44H,10-11,16,20H2,1-9H3,(H,42,46)(H,43,50);5-12H,19H2,1-4H3;3-8H,1-2H3;8-11,20,22H,4-7H2,1-3H3,(H,19,23)/b15-14+;8-7+;;/t22-,23+,28+,29+;12-;;9-,10-,11-/m11.0/s1. The van der Waals surface area contributed by atoms with Gasteiger partial charge in [0.05, 0.1) is 45.2 Å². The molecule has 0 unspecified atom stereocenters. The molecule has 4 heterocycles. The molecular weight excluding hydrogens is 1770 g/mol. The number of esters is 6. The predicted octanol–water partition coefficient (Wildman–Crippen LogP) is 13.8. The molecule has 0 bridgehead atoms. The van der Waals surface area contributed by atoms with E-state index in [1.807, 2.05) is 88.5 Å². The van der Waals surface area contributed by atoms with E-state index < -0.39 is 160 Å². The molecule has 8 rings (SSSR count). The van der Waals surface area contributed by atoms with Crippen molar-refractivity contribution >= 4 is 180 Å². The number of alkyl halides is 6. The molecule has 6 aromatic rings. The number of amides is 5. The maximum Gasteiger partial charge on any atom is 0.408 e. The van der Waals surface area contributed by atoms with Gasteiger partial charge in [0.15, 0.2) is 6.10 Å². The van der Waals surface area contributed by atoms with E-state index in [4.69, 9.17) is 99.0 Å². The third-order valence-electron chi connectivity index (χ3n) is 19.0. The zero-order valence-electron chi connectivity index (χ0n) is 73.0. The van der Waals surface area contributed by atoms with Gasteiger partial charge in [0.1, 0.15) is 60.2 Å². The van der Waals surface area contributed by atoms with Crippen LogP contribution in [0.25, 0.3) is 33.7 Å². The van der Waals surface area contributed by atoms with Crippen molar-refractivity contribution in [1.82, 2.24) is 46.8 Å². The summed E-state index contributed by atoms with van der Waals surface area (Å²) in [7, 11) is 1.39. The number of pyridine rings is 2. The maximum absolute atomic E-state index is 13.4. The van der Waals surface area contributed by atoms with Gasteiger partial charge < -0.3 is 55.2 Å². The number of aliphatic hydroxyl groups is 1. The van der Waals surface area contributed by atoms with Crippen LogP contribution in [0, 0.1) is 56.7 Å². The number of ether oxygens (including phenoxy) is 6. The first-order valence-corrected chi connectivity index (χ1v) is 42.1. The number of nitro benzene ring substituents is 2. The van der Waals surface area contributed by atoms with Gasteiger partial charge in [0, 0.05) is 54.4 Å². The number of nitrogens with one attached hydrogen (secondary N) is 5. The monoisotopic (exact) mass is 1870 g/mol. The van der Waals surface area contributed by atoms with E-state index in [1.165, 1.54) is 69.1 Å². The third-order valence-corrected chi connectivity index (χ3v) is 19.7. The lowest BCUT2D eigenvalue weighted by Gasteiger charge is -2.34. The summed E-state index contributed by atoms with van der Waals surface area (Å²) < 4.78 is 27.0. The summed E-state index contributed by atoms with van der Waals surface area (Å²) in [6.45, 7) is 28.7. The second kappa shape index (κ2) is 47.0. The Morgan fingerprint density at radius 1 is 0.579 bits per heavy atom. The van der Waals surface area contributed by atoms with E-state index in [0.29, 0.717) is 37.9 Å². The van der Waals surface area contributed by atoms with Crippen LogP contribution in [0.15, 0.2) is 109 Å². The average Bonchev–Trinajstić information content (AvgIpc) is 0.813. The Hall–Kier alpha value is -10.3. The van der Waals surface area contributed by atoms with Crippen LogP contribution >= 0.6 is 69.6 Å². The molecule has 2 aliphatic heterocycles. The van der Waals surface area contributed by atoms with Crippen LogP contribution in [0.2, 0.25) is 0 Å². The summed E-state index contributed by atoms with van der Waals surface area (Å²) >= 11 is 33.6. The van der Waals surface area contributed by atoms with Crippen molar-refractivity contribution in [3.8, 4) is 0 Å². The summed E-state index contributed by atoms with van der Waals surface area (Å²) in [5, 5.41) is 46.2. The van der Waals surface area contributed by atoms with Crippen molar-refractivity contribution in [3.63, 3.8) is 0 Å². The van der Waals surface area contributed by atoms with Crippen molar-refractivity contribution in [2.45, 2.75) is 205 Å². The Bertz CT molecular complexity index is 4940. The van der Waals surface area contributed by atoms with E-state index in [9.17, 15) is 78.1 Å². The summed E-state index contributed by atoms with van der Waals surface area (Å²) in [6, 6.07) is 19.8. The number of aromatic nitrogens is 2. The Balaban J connectivity index is 0.000000323. The van der Waals surface area contributed by atoms with E-state index in [-0.39, 0.29) is 52.8 Å². The number of carbonyl (C=O) groups is 11. The SMILES string of the molecule is CC(C)[C@H](O)C(=O)N[C@@H](C)C(=O)N1CCC[C@@H](C(=O)OCC(Cl)(Cl)Cl)N1.CC(C)[C@H](OC(=O)C(C)(C)/C=C/c1cc2cc([C@@H](C)NC(=O)OC(C)(C)C)ccc2cn1)C(=O)N[C@@H](C)C(=O)N1CCC[C@@H](C(=O)OCC(Cl)(Cl)Cl)N1.COC(=O)C(C)(C)/C=C/c1cc2cc([C@@H](C)N)ccc2cn1.Cc1cccc([N+](=O)[O-])c1C(=O)OC(=O)c1c(C)cccc1[N+](=O)[O-]. The van der Waals surface area contributed by atoms with Crippen molar-refractivity contribution in [2.24, 2.45) is 28.4 Å². The first kappa shape index (κ1) is 106. The molecule has 34 nitrogen and oxygen atoms in total. The molecule has 40 heteroatoms. The van der Waals surface area contributed by atoms with Gasteiger partial charge in [-0.15, -0.1) is 0 Å². The first-order valence-electron chi connectivity index (χ1n) is 39.8. The van der Waals surface area contributed by atoms with Crippen molar-refractivity contribution in [1.29, 1.82) is 0 Å². The van der Waals surface area contributed by atoms with Crippen molar-refractivity contribution in [3.05, 3.63) is 174 Å². The molecule has 0 aliphatic carbocycles. The van der Waals surface area contributed by atoms with Gasteiger partial charge in [0.2, 0.25) is 13.5 Å². The van der Waals surface area contributed by atoms with Crippen LogP contribution in [0.3, 0.4) is 0 Å². The molecule has 4 aromatic carbocycles. The largest absolute Gasteiger partial charge is 0.468 e. The summed E-state index contributed by atoms with van der Waals surface area (Å²) in [6.07, 6.45) is 9.53. The van der Waals surface area contributed by atoms with Gasteiger partial charge in [-0.2, -0.15) is 0 Å². The number of rotatable bonds is 26. The highest BCUT2D eigenvalue weighted by Crippen LogP contribution is 2.32. The van der Waals surface area contributed by atoms with Gasteiger partial charge in [0.25, 0.3) is 29.1 Å². The number of nitrogens with two attached hydrogens (primary N) is 1. The summed E-state index contributed by atoms with van der Waals surface area (Å²) in [5.74, 6) is -7.64. The molecule has 126 heavy (non-hydrogen) atoms. The Morgan fingerprint density at radius 2 is 0.992 bits per heavy atom. The highest BCUT2D eigenvalue weighted by atomic mass is 35.6. The number of hydrogen-bond acceptors (Lipinski definition) is 27. The minimum Gasteiger partial charge on any atom is -0.468 e. The molecule has 0 saturated carbocycles. The number of carbonyl (C=O) groups excluding carboxylic acids is 11. The predicted molar refractivity (Wildman–Crippen MR) is 476 cm³/mol. The minimum absolute atomic E-state index is 0.00480. The second-order valence-corrected chi connectivity index (χ2v) is 37.6. The Labute approximate surface area is 759 Å². The maximum atomic E-state index is 13.4. The lowest BCUT2D eigenvalue weighted by molar-refractivity contribution is -0.385. The van der Waals surface area contributed by atoms with E-state index in [1.54, 1.807) is 80.7 Å². The van der Waals surface area contributed by atoms with E-state index in [0.717, 1.165) is 50.5 Å². The highest BCUT2D eigenvalue weighted by molar-refractivity contribution is 6.68. The summed E-state index contributed by atoms with van der Waals surface area (Å²) in [5.41, 5.74) is 11.1. The van der Waals surface area contributed by atoms with Crippen LogP contribution in [0.5, 0.6) is 0 Å². The normalized spacial score (nSPS) is 15.8. The van der Waals surface area contributed by atoms with Gasteiger partial charge in [-0.3, -0.25) is 78.6 Å². The number of alkyl carbamates (subject to hydrolysis) is 1. The van der Waals surface area contributed by atoms with E-state index in [2.05, 4.69) is 47.6 Å². The van der Waals surface area contributed by atoms with Gasteiger partial charge in [-0.25, -0.2) is 25.2 Å². The minimum atomic E-state index is -1.77. The van der Waals surface area contributed by atoms with Gasteiger partial charge in [-0.1, -0.05) is 158 Å². The number of nitrogens with zero attached hydrogens (tertiary/aromatic N) is 6. The van der Waals surface area contributed by atoms with Crippen LogP contribution in [-0.2, 0) is 66.8 Å².